The van der Waals surface area contributed by atoms with Gasteiger partial charge in [-0.1, -0.05) is 130 Å². The first-order valence-electron chi connectivity index (χ1n) is 12.0. The van der Waals surface area contributed by atoms with E-state index in [-0.39, 0.29) is 6.61 Å². The SMILES string of the molecule is O=C(N[C@@H]1[C@@H](OC(=O)OCC(Cl)(Cl)Cl)[C@H]2OC(c3ccccc3)OC[C@H]2O[C@H]1Sc1ccccc1)OCC(Cl)(Cl)Cl. The van der Waals surface area contributed by atoms with E-state index in [4.69, 9.17) is 98.0 Å². The number of alkyl carbamates (subject to hydrolysis) is 1. The van der Waals surface area contributed by atoms with E-state index in [0.717, 1.165) is 10.5 Å². The maximum absolute atomic E-state index is 12.8. The van der Waals surface area contributed by atoms with Gasteiger partial charge in [-0.25, -0.2) is 9.59 Å². The van der Waals surface area contributed by atoms with Gasteiger partial charge in [0.15, 0.2) is 12.4 Å². The molecule has 1 unspecified atom stereocenters. The van der Waals surface area contributed by atoms with Crippen molar-refractivity contribution < 1.29 is 38.0 Å². The number of hydrogen-bond acceptors (Lipinski definition) is 9. The fraction of sp³-hybridized carbons (Fsp3) is 0.440. The molecule has 0 spiro atoms. The van der Waals surface area contributed by atoms with Gasteiger partial charge in [0.25, 0.3) is 0 Å². The van der Waals surface area contributed by atoms with Crippen molar-refractivity contribution in [2.45, 2.75) is 48.6 Å². The summed E-state index contributed by atoms with van der Waals surface area (Å²) in [4.78, 5) is 26.4. The number of rotatable bonds is 7. The van der Waals surface area contributed by atoms with Crippen molar-refractivity contribution in [2.24, 2.45) is 0 Å². The van der Waals surface area contributed by atoms with Crippen molar-refractivity contribution in [1.82, 2.24) is 5.32 Å². The maximum Gasteiger partial charge on any atom is 0.508 e. The lowest BCUT2D eigenvalue weighted by atomic mass is 9.96. The Morgan fingerprint density at radius 2 is 1.49 bits per heavy atom. The Kier molecular flexibility index (Phi) is 11.7. The predicted molar refractivity (Wildman–Crippen MR) is 156 cm³/mol. The average molecular weight is 710 g/mol. The van der Waals surface area contributed by atoms with Crippen LogP contribution >= 0.6 is 81.4 Å². The van der Waals surface area contributed by atoms with E-state index in [1.807, 2.05) is 60.7 Å². The Bertz CT molecular complexity index is 1160. The second-order valence-electron chi connectivity index (χ2n) is 8.75. The van der Waals surface area contributed by atoms with Gasteiger partial charge < -0.3 is 33.7 Å². The van der Waals surface area contributed by atoms with E-state index in [1.165, 1.54) is 11.8 Å². The van der Waals surface area contributed by atoms with Crippen LogP contribution in [0.5, 0.6) is 0 Å². The first-order chi connectivity index (χ1) is 19.4. The van der Waals surface area contributed by atoms with E-state index < -0.39 is 69.1 Å². The Labute approximate surface area is 270 Å². The Morgan fingerprint density at radius 3 is 2.12 bits per heavy atom. The lowest BCUT2D eigenvalue weighted by Crippen LogP contribution is -2.66. The molecule has 1 N–H and O–H groups in total. The number of fused-ring (bicyclic) bond motifs is 1. The monoisotopic (exact) mass is 707 g/mol. The largest absolute Gasteiger partial charge is 0.508 e. The normalized spacial score (nSPS) is 26.4. The minimum atomic E-state index is -1.88. The Morgan fingerprint density at radius 1 is 0.878 bits per heavy atom. The molecular formula is C25H23Cl6NO8S. The molecule has 0 aliphatic carbocycles. The number of carbonyl (C=O) groups excluding carboxylic acids is 2. The minimum absolute atomic E-state index is 0.0869. The predicted octanol–water partition coefficient (Wildman–Crippen LogP) is 6.97. The molecule has 2 heterocycles. The molecule has 4 rings (SSSR count). The number of thioether (sulfide) groups is 1. The highest BCUT2D eigenvalue weighted by molar-refractivity contribution is 7.99. The molecule has 0 saturated carbocycles. The zero-order valence-electron chi connectivity index (χ0n) is 20.8. The topological polar surface area (TPSA) is 102 Å². The smallest absolute Gasteiger partial charge is 0.445 e. The second-order valence-corrected chi connectivity index (χ2v) is 15.0. The summed E-state index contributed by atoms with van der Waals surface area (Å²) in [6.07, 6.45) is -5.78. The zero-order chi connectivity index (χ0) is 29.6. The summed E-state index contributed by atoms with van der Waals surface area (Å²) < 4.78 is 30.6. The Hall–Kier alpha value is -1.05. The molecule has 224 valence electrons. The Balaban J connectivity index is 1.63. The fourth-order valence-corrected chi connectivity index (χ4v) is 5.47. The van der Waals surface area contributed by atoms with E-state index in [1.54, 1.807) is 0 Å². The lowest BCUT2D eigenvalue weighted by Gasteiger charge is -2.48. The van der Waals surface area contributed by atoms with Crippen LogP contribution in [0.4, 0.5) is 9.59 Å². The molecule has 1 amide bonds. The molecular weight excluding hydrogens is 687 g/mol. The molecule has 2 aromatic carbocycles. The van der Waals surface area contributed by atoms with Crippen molar-refractivity contribution in [3.05, 3.63) is 66.2 Å². The van der Waals surface area contributed by atoms with Crippen molar-refractivity contribution in [1.29, 1.82) is 0 Å². The molecule has 2 aromatic rings. The van der Waals surface area contributed by atoms with Gasteiger partial charge in [-0.15, -0.1) is 0 Å². The number of alkyl halides is 6. The number of ether oxygens (including phenoxy) is 6. The molecule has 0 aromatic heterocycles. The van der Waals surface area contributed by atoms with Crippen LogP contribution in [-0.2, 0) is 28.4 Å². The summed E-state index contributed by atoms with van der Waals surface area (Å²) >= 11 is 35.7. The summed E-state index contributed by atoms with van der Waals surface area (Å²) in [5.74, 6) is 0. The van der Waals surface area contributed by atoms with Gasteiger partial charge in [0.1, 0.15) is 36.9 Å². The van der Waals surface area contributed by atoms with Gasteiger partial charge in [0.05, 0.1) is 6.61 Å². The van der Waals surface area contributed by atoms with Crippen molar-refractivity contribution in [2.75, 3.05) is 19.8 Å². The first kappa shape index (κ1) is 32.9. The summed E-state index contributed by atoms with van der Waals surface area (Å²) in [6, 6.07) is 17.3. The molecule has 0 bridgehead atoms. The first-order valence-corrected chi connectivity index (χ1v) is 15.1. The van der Waals surface area contributed by atoms with Gasteiger partial charge in [-0.3, -0.25) is 0 Å². The number of carbonyl (C=O) groups is 2. The number of amides is 1. The number of halogens is 6. The van der Waals surface area contributed by atoms with Gasteiger partial charge in [-0.2, -0.15) is 0 Å². The van der Waals surface area contributed by atoms with Crippen LogP contribution in [-0.4, -0.2) is 69.4 Å². The van der Waals surface area contributed by atoms with Crippen LogP contribution in [0.3, 0.4) is 0 Å². The van der Waals surface area contributed by atoms with Gasteiger partial charge in [0.2, 0.25) is 7.59 Å². The molecule has 41 heavy (non-hydrogen) atoms. The van der Waals surface area contributed by atoms with Crippen molar-refractivity contribution in [3.8, 4) is 0 Å². The van der Waals surface area contributed by atoms with E-state index >= 15 is 0 Å². The zero-order valence-corrected chi connectivity index (χ0v) is 26.2. The van der Waals surface area contributed by atoms with Crippen LogP contribution < -0.4 is 5.32 Å². The lowest BCUT2D eigenvalue weighted by molar-refractivity contribution is -0.307. The standard InChI is InChI=1S/C25H23Cl6NO8S/c26-24(27,28)12-36-22(33)32-17-19(40-23(34)37-13-25(29,30)31)18-16(38-21(17)41-15-9-5-2-6-10-15)11-35-20(39-18)14-7-3-1-4-8-14/h1-10,16-21H,11-13H2,(H,32,33)/t16-,17-,18+,19-,20?,21+/m1/s1. The van der Waals surface area contributed by atoms with Gasteiger partial charge >= 0.3 is 12.2 Å². The van der Waals surface area contributed by atoms with Crippen LogP contribution in [0.25, 0.3) is 0 Å². The highest BCUT2D eigenvalue weighted by Gasteiger charge is 2.53. The van der Waals surface area contributed by atoms with Crippen molar-refractivity contribution >= 4 is 93.6 Å². The molecule has 2 aliphatic heterocycles. The molecule has 9 nitrogen and oxygen atoms in total. The van der Waals surface area contributed by atoms with Gasteiger partial charge in [-0.05, 0) is 12.1 Å². The number of hydrogen-bond donors (Lipinski definition) is 1. The molecule has 2 saturated heterocycles. The van der Waals surface area contributed by atoms with Gasteiger partial charge in [0, 0.05) is 10.5 Å². The second kappa shape index (κ2) is 14.6. The highest BCUT2D eigenvalue weighted by atomic mass is 35.6. The van der Waals surface area contributed by atoms with Crippen LogP contribution in [0.2, 0.25) is 0 Å². The number of nitrogens with one attached hydrogen (secondary N) is 1. The summed E-state index contributed by atoms with van der Waals surface area (Å²) in [5.41, 5.74) is -0.110. The third kappa shape index (κ3) is 10.3. The minimum Gasteiger partial charge on any atom is -0.445 e. The third-order valence-corrected chi connectivity index (χ3v) is 7.48. The molecule has 6 atom stereocenters. The highest BCUT2D eigenvalue weighted by Crippen LogP contribution is 2.40. The maximum atomic E-state index is 12.8. The summed E-state index contributed by atoms with van der Waals surface area (Å²) in [6.45, 7) is -1.05. The van der Waals surface area contributed by atoms with Crippen molar-refractivity contribution in [3.63, 3.8) is 0 Å². The quantitative estimate of drug-likeness (QED) is 0.241. The molecule has 2 aliphatic rings. The van der Waals surface area contributed by atoms with Crippen LogP contribution in [0, 0.1) is 0 Å². The average Bonchev–Trinajstić information content (AvgIpc) is 2.92. The molecule has 16 heteroatoms. The third-order valence-electron chi connectivity index (χ3n) is 5.64. The van der Waals surface area contributed by atoms with Crippen LogP contribution in [0.1, 0.15) is 11.9 Å². The fourth-order valence-electron chi connectivity index (χ4n) is 3.99. The molecule has 2 fully saturated rings. The summed E-state index contributed by atoms with van der Waals surface area (Å²) in [5, 5.41) is 2.66. The number of benzene rings is 2. The summed E-state index contributed by atoms with van der Waals surface area (Å²) in [7, 11) is 0. The van der Waals surface area contributed by atoms with Crippen LogP contribution in [0.15, 0.2) is 65.6 Å². The van der Waals surface area contributed by atoms with E-state index in [2.05, 4.69) is 5.32 Å². The van der Waals surface area contributed by atoms with E-state index in [9.17, 15) is 9.59 Å². The van der Waals surface area contributed by atoms with E-state index in [0.29, 0.717) is 0 Å². The molecule has 0 radical (unpaired) electrons.